The third-order valence-corrected chi connectivity index (χ3v) is 8.97. The normalized spacial score (nSPS) is 32.7. The molecule has 0 amide bonds. The van der Waals surface area contributed by atoms with Crippen molar-refractivity contribution in [2.75, 3.05) is 6.54 Å². The minimum absolute atomic E-state index is 0.157. The minimum atomic E-state index is 0.157. The van der Waals surface area contributed by atoms with Crippen LogP contribution in [0.4, 0.5) is 0 Å². The Morgan fingerprint density at radius 2 is 1.97 bits per heavy atom. The van der Waals surface area contributed by atoms with Crippen molar-refractivity contribution in [1.29, 1.82) is 0 Å². The zero-order valence-electron chi connectivity index (χ0n) is 18.4. The molecule has 2 aliphatic carbocycles. The highest BCUT2D eigenvalue weighted by molar-refractivity contribution is 6.40. The number of hydrogen-bond acceptors (Lipinski definition) is 3. The maximum atomic E-state index is 13.3. The summed E-state index contributed by atoms with van der Waals surface area (Å²) in [5.74, 6) is 1.56. The summed E-state index contributed by atoms with van der Waals surface area (Å²) >= 11 is 6.08. The van der Waals surface area contributed by atoms with E-state index >= 15 is 0 Å². The molecule has 1 aromatic carbocycles. The summed E-state index contributed by atoms with van der Waals surface area (Å²) in [5.41, 5.74) is 2.63. The van der Waals surface area contributed by atoms with Crippen molar-refractivity contribution in [2.45, 2.75) is 78.7 Å². The zero-order valence-corrected chi connectivity index (χ0v) is 19.1. The lowest BCUT2D eigenvalue weighted by molar-refractivity contribution is -0.115. The van der Waals surface area contributed by atoms with Gasteiger partial charge in [-0.15, -0.1) is 0 Å². The molecule has 2 saturated carbocycles. The average Bonchev–Trinajstić information content (AvgIpc) is 3.26. The molecule has 4 heteroatoms. The average molecular weight is 415 g/mol. The SMILES string of the molecule is CCCCN1N=C(C(=O)C[C@H]2C[C@@H]3CC[C@]2(C)C3(C)C)CC1c1ccc(Cl)cc1. The molecule has 0 saturated heterocycles. The van der Waals surface area contributed by atoms with Gasteiger partial charge in [0, 0.05) is 24.4 Å². The summed E-state index contributed by atoms with van der Waals surface area (Å²) in [5, 5.41) is 7.73. The summed E-state index contributed by atoms with van der Waals surface area (Å²) in [6.07, 6.45) is 7.42. The maximum Gasteiger partial charge on any atom is 0.179 e. The number of unbranched alkanes of at least 4 members (excludes halogenated alkanes) is 1. The first-order valence-electron chi connectivity index (χ1n) is 11.4. The predicted molar refractivity (Wildman–Crippen MR) is 120 cm³/mol. The van der Waals surface area contributed by atoms with Gasteiger partial charge in [-0.2, -0.15) is 5.10 Å². The van der Waals surface area contributed by atoms with E-state index in [1.54, 1.807) is 0 Å². The standard InChI is InChI=1S/C25H35ClN2O/c1-5-6-13-28-22(17-7-9-20(26)10-8-17)16-21(27-28)23(29)15-19-14-18-11-12-25(19,4)24(18,2)3/h7-10,18-19,22H,5-6,11-16H2,1-4H3/t18-,19+,22?,25-/m0/s1. The van der Waals surface area contributed by atoms with Crippen LogP contribution < -0.4 is 0 Å². The Kier molecular flexibility index (Phi) is 5.57. The van der Waals surface area contributed by atoms with Gasteiger partial charge in [0.25, 0.3) is 0 Å². The number of halogens is 1. The molecule has 4 atom stereocenters. The minimum Gasteiger partial charge on any atom is -0.293 e. The van der Waals surface area contributed by atoms with E-state index in [2.05, 4.69) is 44.8 Å². The smallest absolute Gasteiger partial charge is 0.179 e. The lowest BCUT2D eigenvalue weighted by atomic mass is 9.65. The van der Waals surface area contributed by atoms with Crippen molar-refractivity contribution in [2.24, 2.45) is 27.8 Å². The number of carbonyl (C=O) groups is 1. The molecule has 2 bridgehead atoms. The number of benzene rings is 1. The van der Waals surface area contributed by atoms with E-state index in [-0.39, 0.29) is 11.8 Å². The van der Waals surface area contributed by atoms with Crippen LogP contribution in [0.25, 0.3) is 0 Å². The van der Waals surface area contributed by atoms with E-state index in [9.17, 15) is 4.79 Å². The Labute approximate surface area is 180 Å². The van der Waals surface area contributed by atoms with E-state index in [1.807, 2.05) is 12.1 Å². The maximum absolute atomic E-state index is 13.3. The van der Waals surface area contributed by atoms with Gasteiger partial charge in [-0.1, -0.05) is 57.8 Å². The van der Waals surface area contributed by atoms with Gasteiger partial charge in [-0.05, 0) is 66.0 Å². The molecule has 0 N–H and O–H groups in total. The Morgan fingerprint density at radius 1 is 1.24 bits per heavy atom. The lowest BCUT2D eigenvalue weighted by Gasteiger charge is -2.39. The zero-order chi connectivity index (χ0) is 20.8. The lowest BCUT2D eigenvalue weighted by Crippen LogP contribution is -2.34. The molecule has 1 aromatic rings. The number of fused-ring (bicyclic) bond motifs is 2. The Hall–Kier alpha value is -1.35. The molecule has 0 spiro atoms. The van der Waals surface area contributed by atoms with Gasteiger partial charge in [0.15, 0.2) is 5.78 Å². The molecule has 1 heterocycles. The Bertz CT molecular complexity index is 800. The van der Waals surface area contributed by atoms with Crippen molar-refractivity contribution < 1.29 is 4.79 Å². The summed E-state index contributed by atoms with van der Waals surface area (Å²) in [4.78, 5) is 13.3. The van der Waals surface area contributed by atoms with Gasteiger partial charge in [0.05, 0.1) is 6.04 Å². The highest BCUT2D eigenvalue weighted by atomic mass is 35.5. The van der Waals surface area contributed by atoms with Gasteiger partial charge < -0.3 is 0 Å². The van der Waals surface area contributed by atoms with Crippen molar-refractivity contribution in [3.8, 4) is 0 Å². The van der Waals surface area contributed by atoms with E-state index in [4.69, 9.17) is 16.7 Å². The predicted octanol–water partition coefficient (Wildman–Crippen LogP) is 6.66. The van der Waals surface area contributed by atoms with Gasteiger partial charge in [-0.3, -0.25) is 9.80 Å². The van der Waals surface area contributed by atoms with Crippen molar-refractivity contribution in [3.63, 3.8) is 0 Å². The number of hydrogen-bond donors (Lipinski definition) is 0. The van der Waals surface area contributed by atoms with Gasteiger partial charge in [0.2, 0.25) is 0 Å². The number of ketones is 1. The summed E-state index contributed by atoms with van der Waals surface area (Å²) in [7, 11) is 0. The number of carbonyl (C=O) groups excluding carboxylic acids is 1. The van der Waals surface area contributed by atoms with Crippen LogP contribution in [0.15, 0.2) is 29.4 Å². The fourth-order valence-electron chi connectivity index (χ4n) is 6.24. The van der Waals surface area contributed by atoms with E-state index in [1.165, 1.54) is 24.8 Å². The van der Waals surface area contributed by atoms with Crippen LogP contribution in [0.5, 0.6) is 0 Å². The summed E-state index contributed by atoms with van der Waals surface area (Å²) < 4.78 is 0. The summed E-state index contributed by atoms with van der Waals surface area (Å²) in [6, 6.07) is 8.19. The molecular weight excluding hydrogens is 380 g/mol. The molecule has 4 rings (SSSR count). The first-order valence-corrected chi connectivity index (χ1v) is 11.8. The first-order chi connectivity index (χ1) is 13.8. The van der Waals surface area contributed by atoms with Crippen LogP contribution in [0.3, 0.4) is 0 Å². The second kappa shape index (κ2) is 7.72. The second-order valence-corrected chi connectivity index (χ2v) is 10.7. The van der Waals surface area contributed by atoms with E-state index in [0.29, 0.717) is 23.2 Å². The molecule has 2 fully saturated rings. The van der Waals surface area contributed by atoms with Crippen LogP contribution in [0.1, 0.15) is 84.2 Å². The Balaban J connectivity index is 1.49. The quantitative estimate of drug-likeness (QED) is 0.499. The monoisotopic (exact) mass is 414 g/mol. The molecule has 0 radical (unpaired) electrons. The largest absolute Gasteiger partial charge is 0.293 e. The molecule has 0 aromatic heterocycles. The third-order valence-electron chi connectivity index (χ3n) is 8.72. The molecule has 1 aliphatic heterocycles. The highest BCUT2D eigenvalue weighted by Crippen LogP contribution is 2.68. The number of hydrazone groups is 1. The summed E-state index contributed by atoms with van der Waals surface area (Å²) in [6.45, 7) is 10.4. The molecule has 3 aliphatic rings. The van der Waals surface area contributed by atoms with Crippen LogP contribution in [0, 0.1) is 22.7 Å². The number of rotatable bonds is 7. The molecule has 158 valence electrons. The van der Waals surface area contributed by atoms with Crippen LogP contribution in [-0.4, -0.2) is 23.0 Å². The number of nitrogens with zero attached hydrogens (tertiary/aromatic N) is 2. The number of Topliss-reactive ketones (excluding diaryl/α,β-unsaturated/α-hetero) is 1. The molecular formula is C25H35ClN2O. The van der Waals surface area contributed by atoms with Crippen molar-refractivity contribution >= 4 is 23.1 Å². The highest BCUT2D eigenvalue weighted by Gasteiger charge is 2.61. The fourth-order valence-corrected chi connectivity index (χ4v) is 6.37. The topological polar surface area (TPSA) is 32.7 Å². The first kappa shape index (κ1) is 20.9. The molecule has 1 unspecified atom stereocenters. The third kappa shape index (κ3) is 3.54. The van der Waals surface area contributed by atoms with Crippen LogP contribution >= 0.6 is 11.6 Å². The molecule has 29 heavy (non-hydrogen) atoms. The second-order valence-electron chi connectivity index (χ2n) is 10.3. The van der Waals surface area contributed by atoms with E-state index in [0.717, 1.165) is 42.5 Å². The van der Waals surface area contributed by atoms with Gasteiger partial charge in [-0.25, -0.2) is 0 Å². The van der Waals surface area contributed by atoms with Crippen LogP contribution in [-0.2, 0) is 4.79 Å². The van der Waals surface area contributed by atoms with Gasteiger partial charge in [0.1, 0.15) is 5.71 Å². The van der Waals surface area contributed by atoms with Crippen molar-refractivity contribution in [1.82, 2.24) is 5.01 Å². The van der Waals surface area contributed by atoms with E-state index < -0.39 is 0 Å². The fraction of sp³-hybridized carbons (Fsp3) is 0.680. The van der Waals surface area contributed by atoms with Crippen molar-refractivity contribution in [3.05, 3.63) is 34.9 Å². The van der Waals surface area contributed by atoms with Gasteiger partial charge >= 0.3 is 0 Å². The van der Waals surface area contributed by atoms with Crippen LogP contribution in [0.2, 0.25) is 5.02 Å². The molecule has 3 nitrogen and oxygen atoms in total. The Morgan fingerprint density at radius 3 is 2.55 bits per heavy atom.